The fourth-order valence-electron chi connectivity index (χ4n) is 2.02. The van der Waals surface area contributed by atoms with E-state index in [4.69, 9.17) is 9.47 Å². The Morgan fingerprint density at radius 2 is 1.87 bits per heavy atom. The Hall–Kier alpha value is -2.96. The number of aromatic nitrogens is 1. The van der Waals surface area contributed by atoms with Crippen LogP contribution in [0, 0.1) is 0 Å². The van der Waals surface area contributed by atoms with Crippen molar-refractivity contribution in [2.45, 2.75) is 12.8 Å². The van der Waals surface area contributed by atoms with E-state index in [-0.39, 0.29) is 12.3 Å². The zero-order valence-electron chi connectivity index (χ0n) is 13.0. The first-order valence-corrected chi connectivity index (χ1v) is 7.07. The topological polar surface area (TPSA) is 92.5 Å². The van der Waals surface area contributed by atoms with Crippen molar-refractivity contribution in [1.82, 2.24) is 15.8 Å². The van der Waals surface area contributed by atoms with Crippen molar-refractivity contribution in [3.05, 3.63) is 47.8 Å². The zero-order chi connectivity index (χ0) is 16.7. The van der Waals surface area contributed by atoms with E-state index in [0.717, 1.165) is 5.56 Å². The standard InChI is InChI=1S/C16H19N3O4/c1-22-13-7-5-11(10-14(13)23-2)6-8-15(20)18-19-16(21)12-4-3-9-17-12/h3-5,7,9-10,17H,6,8H2,1-2H3,(H,18,20)(H,19,21). The maximum atomic E-state index is 11.8. The maximum Gasteiger partial charge on any atom is 0.286 e. The molecule has 0 radical (unpaired) electrons. The van der Waals surface area contributed by atoms with Crippen LogP contribution in [0.15, 0.2) is 36.5 Å². The van der Waals surface area contributed by atoms with Crippen molar-refractivity contribution in [3.63, 3.8) is 0 Å². The number of ether oxygens (including phenoxy) is 2. The molecule has 7 nitrogen and oxygen atoms in total. The Balaban J connectivity index is 1.81. The molecule has 2 amide bonds. The molecule has 23 heavy (non-hydrogen) atoms. The summed E-state index contributed by atoms with van der Waals surface area (Å²) >= 11 is 0. The summed E-state index contributed by atoms with van der Waals surface area (Å²) < 4.78 is 10.4. The molecule has 122 valence electrons. The van der Waals surface area contributed by atoms with E-state index in [1.807, 2.05) is 12.1 Å². The summed E-state index contributed by atoms with van der Waals surface area (Å²) in [5.74, 6) is 0.582. The maximum absolute atomic E-state index is 11.8. The molecule has 0 aliphatic rings. The molecule has 2 aromatic rings. The van der Waals surface area contributed by atoms with E-state index in [2.05, 4.69) is 15.8 Å². The number of H-pyrrole nitrogens is 1. The SMILES string of the molecule is COc1ccc(CCC(=O)NNC(=O)c2ccc[nH]2)cc1OC. The van der Waals surface area contributed by atoms with Crippen LogP contribution in [0.25, 0.3) is 0 Å². The summed E-state index contributed by atoms with van der Waals surface area (Å²) in [6.07, 6.45) is 2.39. The first-order chi connectivity index (χ1) is 11.1. The molecule has 7 heteroatoms. The Morgan fingerprint density at radius 1 is 1.09 bits per heavy atom. The van der Waals surface area contributed by atoms with E-state index in [1.165, 1.54) is 0 Å². The Bertz CT molecular complexity index is 668. The van der Waals surface area contributed by atoms with Gasteiger partial charge in [0, 0.05) is 12.6 Å². The number of amides is 2. The molecule has 1 aromatic heterocycles. The molecule has 1 heterocycles. The number of carbonyl (C=O) groups is 2. The van der Waals surface area contributed by atoms with Crippen LogP contribution in [0.2, 0.25) is 0 Å². The van der Waals surface area contributed by atoms with E-state index >= 15 is 0 Å². The molecule has 1 aromatic carbocycles. The van der Waals surface area contributed by atoms with Gasteiger partial charge >= 0.3 is 0 Å². The average molecular weight is 317 g/mol. The lowest BCUT2D eigenvalue weighted by Crippen LogP contribution is -2.41. The highest BCUT2D eigenvalue weighted by atomic mass is 16.5. The molecular formula is C16H19N3O4. The summed E-state index contributed by atoms with van der Waals surface area (Å²) in [5.41, 5.74) is 6.04. The molecule has 0 saturated heterocycles. The van der Waals surface area contributed by atoms with Gasteiger partial charge in [-0.25, -0.2) is 0 Å². The average Bonchev–Trinajstić information content (AvgIpc) is 3.12. The monoisotopic (exact) mass is 317 g/mol. The molecule has 0 atom stereocenters. The van der Waals surface area contributed by atoms with Gasteiger partial charge in [-0.05, 0) is 36.2 Å². The fraction of sp³-hybridized carbons (Fsp3) is 0.250. The van der Waals surface area contributed by atoms with Gasteiger partial charge in [0.1, 0.15) is 5.69 Å². The van der Waals surface area contributed by atoms with Crippen molar-refractivity contribution in [3.8, 4) is 11.5 Å². The second-order valence-electron chi connectivity index (χ2n) is 4.78. The van der Waals surface area contributed by atoms with Crippen molar-refractivity contribution in [2.75, 3.05) is 14.2 Å². The first kappa shape index (κ1) is 16.4. The minimum atomic E-state index is -0.394. The molecule has 0 saturated carbocycles. The molecule has 2 rings (SSSR count). The Morgan fingerprint density at radius 3 is 2.52 bits per heavy atom. The largest absolute Gasteiger partial charge is 0.493 e. The lowest BCUT2D eigenvalue weighted by Gasteiger charge is -2.10. The number of rotatable bonds is 6. The number of aryl methyl sites for hydroxylation is 1. The highest BCUT2D eigenvalue weighted by Gasteiger charge is 2.09. The van der Waals surface area contributed by atoms with Crippen LogP contribution in [0.5, 0.6) is 11.5 Å². The highest BCUT2D eigenvalue weighted by molar-refractivity contribution is 5.93. The third-order valence-corrected chi connectivity index (χ3v) is 3.25. The van der Waals surface area contributed by atoms with Crippen LogP contribution < -0.4 is 20.3 Å². The van der Waals surface area contributed by atoms with Crippen LogP contribution >= 0.6 is 0 Å². The van der Waals surface area contributed by atoms with E-state index in [9.17, 15) is 9.59 Å². The molecular weight excluding hydrogens is 298 g/mol. The Labute approximate surface area is 134 Å². The van der Waals surface area contributed by atoms with Gasteiger partial charge in [-0.1, -0.05) is 6.07 Å². The van der Waals surface area contributed by atoms with Gasteiger partial charge in [-0.3, -0.25) is 20.4 Å². The summed E-state index contributed by atoms with van der Waals surface area (Å²) in [5, 5.41) is 0. The van der Waals surface area contributed by atoms with Gasteiger partial charge in [0.05, 0.1) is 14.2 Å². The van der Waals surface area contributed by atoms with E-state index in [0.29, 0.717) is 23.6 Å². The number of nitrogens with one attached hydrogen (secondary N) is 3. The number of benzene rings is 1. The minimum Gasteiger partial charge on any atom is -0.493 e. The van der Waals surface area contributed by atoms with Crippen LogP contribution in [-0.4, -0.2) is 31.0 Å². The van der Waals surface area contributed by atoms with Crippen molar-refractivity contribution in [2.24, 2.45) is 0 Å². The van der Waals surface area contributed by atoms with E-state index < -0.39 is 5.91 Å². The smallest absolute Gasteiger partial charge is 0.286 e. The van der Waals surface area contributed by atoms with Crippen molar-refractivity contribution in [1.29, 1.82) is 0 Å². The third-order valence-electron chi connectivity index (χ3n) is 3.25. The third kappa shape index (κ3) is 4.50. The summed E-state index contributed by atoms with van der Waals surface area (Å²) in [6, 6.07) is 8.80. The molecule has 0 aliphatic carbocycles. The second kappa shape index (κ2) is 7.88. The summed E-state index contributed by atoms with van der Waals surface area (Å²) in [4.78, 5) is 26.2. The van der Waals surface area contributed by atoms with Gasteiger partial charge in [0.25, 0.3) is 5.91 Å². The van der Waals surface area contributed by atoms with Gasteiger partial charge in [0.15, 0.2) is 11.5 Å². The van der Waals surface area contributed by atoms with Gasteiger partial charge in [-0.15, -0.1) is 0 Å². The minimum absolute atomic E-state index is 0.237. The lowest BCUT2D eigenvalue weighted by molar-refractivity contribution is -0.121. The van der Waals surface area contributed by atoms with E-state index in [1.54, 1.807) is 38.6 Å². The number of hydrazine groups is 1. The van der Waals surface area contributed by atoms with Crippen LogP contribution in [0.4, 0.5) is 0 Å². The predicted molar refractivity (Wildman–Crippen MR) is 84.3 cm³/mol. The fourth-order valence-corrected chi connectivity index (χ4v) is 2.02. The summed E-state index contributed by atoms with van der Waals surface area (Å²) in [7, 11) is 3.13. The van der Waals surface area contributed by atoms with Gasteiger partial charge in [0.2, 0.25) is 5.91 Å². The number of hydrogen-bond donors (Lipinski definition) is 3. The highest BCUT2D eigenvalue weighted by Crippen LogP contribution is 2.27. The quantitative estimate of drug-likeness (QED) is 0.703. The molecule has 0 unspecified atom stereocenters. The van der Waals surface area contributed by atoms with Crippen molar-refractivity contribution < 1.29 is 19.1 Å². The first-order valence-electron chi connectivity index (χ1n) is 7.07. The molecule has 3 N–H and O–H groups in total. The number of aromatic amines is 1. The predicted octanol–water partition coefficient (Wildman–Crippen LogP) is 1.43. The number of methoxy groups -OCH3 is 2. The lowest BCUT2D eigenvalue weighted by atomic mass is 10.1. The van der Waals surface area contributed by atoms with Crippen LogP contribution in [0.3, 0.4) is 0 Å². The molecule has 0 fully saturated rings. The molecule has 0 spiro atoms. The number of hydrogen-bond acceptors (Lipinski definition) is 4. The Kier molecular flexibility index (Phi) is 5.62. The molecule has 0 aliphatic heterocycles. The number of carbonyl (C=O) groups excluding carboxylic acids is 2. The second-order valence-corrected chi connectivity index (χ2v) is 4.78. The van der Waals surface area contributed by atoms with Crippen molar-refractivity contribution >= 4 is 11.8 Å². The summed E-state index contributed by atoms with van der Waals surface area (Å²) in [6.45, 7) is 0. The zero-order valence-corrected chi connectivity index (χ0v) is 13.0. The normalized spacial score (nSPS) is 10.0. The molecule has 0 bridgehead atoms. The van der Waals surface area contributed by atoms with Crippen LogP contribution in [0.1, 0.15) is 22.5 Å². The van der Waals surface area contributed by atoms with Gasteiger partial charge < -0.3 is 14.5 Å². The van der Waals surface area contributed by atoms with Crippen LogP contribution in [-0.2, 0) is 11.2 Å². The van der Waals surface area contributed by atoms with Gasteiger partial charge in [-0.2, -0.15) is 0 Å².